The van der Waals surface area contributed by atoms with E-state index in [1.807, 2.05) is 0 Å². The molecular weight excluding hydrogens is 228 g/mol. The van der Waals surface area contributed by atoms with Gasteiger partial charge in [-0.05, 0) is 6.92 Å². The molecule has 1 rings (SSSR count). The van der Waals surface area contributed by atoms with Gasteiger partial charge in [-0.15, -0.1) is 0 Å². The lowest BCUT2D eigenvalue weighted by atomic mass is 10.3. The molecule has 0 bridgehead atoms. The monoisotopic (exact) mass is 242 g/mol. The van der Waals surface area contributed by atoms with E-state index in [0.29, 0.717) is 6.61 Å². The summed E-state index contributed by atoms with van der Waals surface area (Å²) in [6.07, 6.45) is 0.939. The second-order valence-electron chi connectivity index (χ2n) is 3.38. The molecule has 0 N–H and O–H groups in total. The van der Waals surface area contributed by atoms with Gasteiger partial charge in [0.05, 0.1) is 13.2 Å². The summed E-state index contributed by atoms with van der Waals surface area (Å²) in [7, 11) is 0. The van der Waals surface area contributed by atoms with Crippen LogP contribution >= 0.6 is 0 Å². The van der Waals surface area contributed by atoms with Crippen LogP contribution in [0, 0.1) is 0 Å². The van der Waals surface area contributed by atoms with Gasteiger partial charge in [-0.25, -0.2) is 9.59 Å². The number of esters is 2. The fourth-order valence-corrected chi connectivity index (χ4v) is 1.06. The molecule has 1 unspecified atom stereocenters. The third kappa shape index (κ3) is 3.69. The van der Waals surface area contributed by atoms with E-state index in [1.165, 1.54) is 6.92 Å². The van der Waals surface area contributed by atoms with E-state index in [0.717, 1.165) is 6.08 Å². The third-order valence-corrected chi connectivity index (χ3v) is 1.85. The number of hydrogen-bond donors (Lipinski definition) is 0. The lowest BCUT2D eigenvalue weighted by Gasteiger charge is -2.34. The van der Waals surface area contributed by atoms with E-state index in [1.54, 1.807) is 0 Å². The van der Waals surface area contributed by atoms with E-state index < -0.39 is 17.9 Å². The normalized spacial score (nSPS) is 23.6. The smallest absolute Gasteiger partial charge is 0.393 e. The van der Waals surface area contributed by atoms with Crippen molar-refractivity contribution in [3.63, 3.8) is 0 Å². The maximum absolute atomic E-state index is 11.4. The quantitative estimate of drug-likeness (QED) is 0.407. The van der Waals surface area contributed by atoms with Crippen LogP contribution in [0.25, 0.3) is 0 Å². The number of hydrogen-bond acceptors (Lipinski definition) is 6. The van der Waals surface area contributed by atoms with Crippen LogP contribution in [0.4, 0.5) is 0 Å². The van der Waals surface area contributed by atoms with Crippen molar-refractivity contribution in [3.8, 4) is 0 Å². The Labute approximate surface area is 98.8 Å². The van der Waals surface area contributed by atoms with Crippen LogP contribution in [-0.4, -0.2) is 37.7 Å². The molecule has 1 heterocycles. The average Bonchev–Trinajstić information content (AvgIpc) is 2.29. The first-order valence-corrected chi connectivity index (χ1v) is 4.95. The number of carbonyl (C=O) groups is 2. The Hall–Kier alpha value is -1.66. The van der Waals surface area contributed by atoms with Gasteiger partial charge in [-0.3, -0.25) is 0 Å². The maximum atomic E-state index is 11.4. The van der Waals surface area contributed by atoms with Crippen molar-refractivity contribution in [2.24, 2.45) is 0 Å². The van der Waals surface area contributed by atoms with Crippen LogP contribution in [0.2, 0.25) is 0 Å². The summed E-state index contributed by atoms with van der Waals surface area (Å²) in [6, 6.07) is 0. The molecule has 1 aliphatic heterocycles. The van der Waals surface area contributed by atoms with Crippen molar-refractivity contribution in [1.82, 2.24) is 0 Å². The lowest BCUT2D eigenvalue weighted by Crippen LogP contribution is -2.50. The summed E-state index contributed by atoms with van der Waals surface area (Å²) in [4.78, 5) is 22.6. The molecule has 6 nitrogen and oxygen atoms in total. The zero-order valence-corrected chi connectivity index (χ0v) is 9.56. The second-order valence-corrected chi connectivity index (χ2v) is 3.38. The minimum atomic E-state index is -1.85. The molecule has 0 aromatic heterocycles. The molecule has 17 heavy (non-hydrogen) atoms. The second kappa shape index (κ2) is 5.60. The topological polar surface area (TPSA) is 71.1 Å². The van der Waals surface area contributed by atoms with E-state index in [9.17, 15) is 9.59 Å². The summed E-state index contributed by atoms with van der Waals surface area (Å²) >= 11 is 0. The van der Waals surface area contributed by atoms with Crippen LogP contribution in [-0.2, 0) is 28.5 Å². The minimum absolute atomic E-state index is 0.147. The summed E-state index contributed by atoms with van der Waals surface area (Å²) < 4.78 is 20.0. The average molecular weight is 242 g/mol. The van der Waals surface area contributed by atoms with Crippen LogP contribution in [0.3, 0.4) is 0 Å². The first-order chi connectivity index (χ1) is 7.99. The number of carbonyl (C=O) groups excluding carboxylic acids is 2. The molecule has 94 valence electrons. The van der Waals surface area contributed by atoms with Crippen molar-refractivity contribution in [3.05, 3.63) is 24.8 Å². The first-order valence-electron chi connectivity index (χ1n) is 4.95. The van der Waals surface area contributed by atoms with E-state index in [2.05, 4.69) is 13.2 Å². The highest BCUT2D eigenvalue weighted by molar-refractivity contribution is 5.87. The van der Waals surface area contributed by atoms with E-state index in [-0.39, 0.29) is 18.8 Å². The predicted octanol–water partition coefficient (Wildman–Crippen LogP) is 0.535. The fraction of sp³-hybridized carbons (Fsp3) is 0.455. The Bertz CT molecular complexity index is 340. The van der Waals surface area contributed by atoms with Gasteiger partial charge >= 0.3 is 17.9 Å². The summed E-state index contributed by atoms with van der Waals surface area (Å²) in [5, 5.41) is 0. The van der Waals surface area contributed by atoms with Crippen LogP contribution in [0.15, 0.2) is 24.8 Å². The largest absolute Gasteiger partial charge is 0.401 e. The fourth-order valence-electron chi connectivity index (χ4n) is 1.06. The zero-order chi connectivity index (χ0) is 12.9. The standard InChI is InChI=1S/C11H14O6/c1-4-9(12)16-11(7-14-5-6-15-11)17-10(13)8(2)3/h4H,1-2,5-7H2,3H3. The van der Waals surface area contributed by atoms with Gasteiger partial charge in [0.25, 0.3) is 0 Å². The van der Waals surface area contributed by atoms with Crippen molar-refractivity contribution in [2.75, 3.05) is 19.8 Å². The number of ether oxygens (including phenoxy) is 4. The molecule has 1 aliphatic rings. The van der Waals surface area contributed by atoms with E-state index >= 15 is 0 Å². The van der Waals surface area contributed by atoms with Gasteiger partial charge in [0.2, 0.25) is 0 Å². The van der Waals surface area contributed by atoms with Crippen molar-refractivity contribution in [2.45, 2.75) is 12.9 Å². The molecule has 6 heteroatoms. The molecular formula is C11H14O6. The van der Waals surface area contributed by atoms with Gasteiger partial charge in [0, 0.05) is 11.6 Å². The Kier molecular flexibility index (Phi) is 4.42. The Morgan fingerprint density at radius 1 is 1.35 bits per heavy atom. The maximum Gasteiger partial charge on any atom is 0.401 e. The van der Waals surface area contributed by atoms with Crippen LogP contribution in [0.1, 0.15) is 6.92 Å². The Morgan fingerprint density at radius 2 is 2.06 bits per heavy atom. The van der Waals surface area contributed by atoms with Crippen molar-refractivity contribution < 1.29 is 28.5 Å². The van der Waals surface area contributed by atoms with Gasteiger partial charge in [-0.2, -0.15) is 0 Å². The highest BCUT2D eigenvalue weighted by Gasteiger charge is 2.43. The SMILES string of the molecule is C=CC(=O)OC1(OC(=O)C(=C)C)COCCO1. The molecule has 0 aliphatic carbocycles. The molecule has 0 aromatic rings. The highest BCUT2D eigenvalue weighted by Crippen LogP contribution is 2.21. The molecule has 0 radical (unpaired) electrons. The Morgan fingerprint density at radius 3 is 2.53 bits per heavy atom. The number of rotatable bonds is 4. The van der Waals surface area contributed by atoms with Gasteiger partial charge in [0.15, 0.2) is 6.61 Å². The third-order valence-electron chi connectivity index (χ3n) is 1.85. The van der Waals surface area contributed by atoms with Gasteiger partial charge in [0.1, 0.15) is 0 Å². The lowest BCUT2D eigenvalue weighted by molar-refractivity contribution is -0.379. The summed E-state index contributed by atoms with van der Waals surface area (Å²) in [6.45, 7) is 8.42. The Balaban J connectivity index is 2.77. The molecule has 1 fully saturated rings. The molecule has 0 spiro atoms. The van der Waals surface area contributed by atoms with E-state index in [4.69, 9.17) is 18.9 Å². The van der Waals surface area contributed by atoms with Crippen molar-refractivity contribution >= 4 is 11.9 Å². The van der Waals surface area contributed by atoms with Gasteiger partial charge < -0.3 is 18.9 Å². The zero-order valence-electron chi connectivity index (χ0n) is 9.56. The first kappa shape index (κ1) is 13.4. The van der Waals surface area contributed by atoms with Crippen molar-refractivity contribution in [1.29, 1.82) is 0 Å². The van der Waals surface area contributed by atoms with Crippen LogP contribution < -0.4 is 0 Å². The summed E-state index contributed by atoms with van der Waals surface area (Å²) in [5.74, 6) is -3.35. The predicted molar refractivity (Wildman–Crippen MR) is 56.7 cm³/mol. The molecule has 0 amide bonds. The van der Waals surface area contributed by atoms with Gasteiger partial charge in [-0.1, -0.05) is 13.2 Å². The van der Waals surface area contributed by atoms with Crippen LogP contribution in [0.5, 0.6) is 0 Å². The summed E-state index contributed by atoms with van der Waals surface area (Å²) in [5.41, 5.74) is 0.160. The molecule has 1 atom stereocenters. The molecule has 0 aromatic carbocycles. The molecule has 1 saturated heterocycles. The molecule has 0 saturated carbocycles. The minimum Gasteiger partial charge on any atom is -0.393 e. The highest BCUT2D eigenvalue weighted by atomic mass is 16.9.